The van der Waals surface area contributed by atoms with Crippen LogP contribution in [0.1, 0.15) is 12.0 Å². The number of nitrogens with zero attached hydrogens (tertiary/aromatic N) is 6. The van der Waals surface area contributed by atoms with Gasteiger partial charge in [-0.3, -0.25) is 4.68 Å². The zero-order valence-corrected chi connectivity index (χ0v) is 23.4. The summed E-state index contributed by atoms with van der Waals surface area (Å²) in [4.78, 5) is 26.4. The Kier molecular flexibility index (Phi) is 6.58. The fraction of sp³-hybridized carbons (Fsp3) is 0.290. The Balaban J connectivity index is 1.14. The van der Waals surface area contributed by atoms with E-state index in [0.29, 0.717) is 41.3 Å². The van der Waals surface area contributed by atoms with E-state index in [4.69, 9.17) is 4.74 Å². The van der Waals surface area contributed by atoms with Crippen LogP contribution in [0.2, 0.25) is 0 Å². The smallest absolute Gasteiger partial charge is 0.322 e. The molecule has 2 atom stereocenters. The van der Waals surface area contributed by atoms with Crippen LogP contribution >= 0.6 is 0 Å². The molecule has 2 saturated heterocycles. The maximum absolute atomic E-state index is 13.7. The number of anilines is 3. The first-order valence-corrected chi connectivity index (χ1v) is 14.0. The maximum atomic E-state index is 13.7. The zero-order chi connectivity index (χ0) is 28.8. The summed E-state index contributed by atoms with van der Waals surface area (Å²) in [6.45, 7) is 3.04. The van der Waals surface area contributed by atoms with Crippen molar-refractivity contribution in [3.05, 3.63) is 78.5 Å². The largest absolute Gasteiger partial charge is 0.494 e. The number of nitrogens with one attached hydrogen (secondary N) is 2. The third-order valence-corrected chi connectivity index (χ3v) is 8.44. The van der Waals surface area contributed by atoms with Crippen molar-refractivity contribution in [3.8, 4) is 5.75 Å². The number of aromatic nitrogens is 4. The van der Waals surface area contributed by atoms with E-state index in [1.165, 1.54) is 18.5 Å². The minimum Gasteiger partial charge on any atom is -0.494 e. The summed E-state index contributed by atoms with van der Waals surface area (Å²) in [7, 11) is 3.71. The van der Waals surface area contributed by atoms with Gasteiger partial charge in [-0.05, 0) is 67.9 Å². The van der Waals surface area contributed by atoms with E-state index in [2.05, 4.69) is 37.6 Å². The summed E-state index contributed by atoms with van der Waals surface area (Å²) in [5.74, 6) is 1.39. The molecule has 2 N–H and O–H groups in total. The van der Waals surface area contributed by atoms with Crippen molar-refractivity contribution in [2.45, 2.75) is 19.0 Å². The van der Waals surface area contributed by atoms with Crippen LogP contribution < -0.4 is 15.4 Å². The van der Waals surface area contributed by atoms with Crippen LogP contribution in [0.25, 0.3) is 21.8 Å². The summed E-state index contributed by atoms with van der Waals surface area (Å²) in [6.07, 6.45) is 4.41. The van der Waals surface area contributed by atoms with Gasteiger partial charge in [-0.1, -0.05) is 12.1 Å². The Morgan fingerprint density at radius 3 is 2.86 bits per heavy atom. The molecule has 2 aliphatic rings. The molecular weight excluding hydrogens is 535 g/mol. The highest BCUT2D eigenvalue weighted by atomic mass is 19.1. The van der Waals surface area contributed by atoms with Crippen LogP contribution in [0.5, 0.6) is 5.75 Å². The van der Waals surface area contributed by atoms with Crippen LogP contribution in [0.4, 0.5) is 26.4 Å². The van der Waals surface area contributed by atoms with Crippen molar-refractivity contribution in [1.82, 2.24) is 29.5 Å². The van der Waals surface area contributed by atoms with Gasteiger partial charge in [0.25, 0.3) is 0 Å². The molecule has 2 aromatic heterocycles. The quantitative estimate of drug-likeness (QED) is 0.295. The minimum absolute atomic E-state index is 0.137. The average molecular weight is 567 g/mol. The molecule has 1 unspecified atom stereocenters. The van der Waals surface area contributed by atoms with Crippen LogP contribution in [-0.2, 0) is 6.54 Å². The van der Waals surface area contributed by atoms with Crippen molar-refractivity contribution >= 4 is 45.0 Å². The van der Waals surface area contributed by atoms with Crippen LogP contribution in [0.3, 0.4) is 0 Å². The van der Waals surface area contributed by atoms with Gasteiger partial charge in [-0.15, -0.1) is 0 Å². The highest BCUT2D eigenvalue weighted by molar-refractivity contribution is 5.99. The van der Waals surface area contributed by atoms with E-state index in [0.717, 1.165) is 53.6 Å². The van der Waals surface area contributed by atoms with Gasteiger partial charge in [0.15, 0.2) is 0 Å². The highest BCUT2D eigenvalue weighted by Crippen LogP contribution is 2.35. The lowest BCUT2D eigenvalue weighted by molar-refractivity contribution is 0.213. The Bertz CT molecular complexity index is 1810. The number of likely N-dealkylation sites (N-methyl/N-ethyl adjacent to an activating group) is 1. The van der Waals surface area contributed by atoms with Crippen molar-refractivity contribution in [1.29, 1.82) is 0 Å². The van der Waals surface area contributed by atoms with Gasteiger partial charge >= 0.3 is 6.03 Å². The molecule has 214 valence electrons. The molecule has 2 amide bonds. The molecule has 3 aromatic carbocycles. The molecule has 2 aliphatic heterocycles. The average Bonchev–Trinajstić information content (AvgIpc) is 3.69. The first kappa shape index (κ1) is 26.1. The Hall–Kier alpha value is -4.77. The number of methoxy groups -OCH3 is 1. The SMILES string of the molecule is COc1cc2ncnc(Nc3ccc4c(cnn4Cc4cccc(F)c4)c3)c2cc1NC(=O)N1CC2CCN(C)[C@H]2C1. The lowest BCUT2D eigenvalue weighted by Crippen LogP contribution is -2.37. The lowest BCUT2D eigenvalue weighted by atomic mass is 10.1. The van der Waals surface area contributed by atoms with Crippen molar-refractivity contribution in [2.75, 3.05) is 44.4 Å². The molecule has 7 rings (SSSR count). The molecule has 10 nitrogen and oxygen atoms in total. The predicted molar refractivity (Wildman–Crippen MR) is 160 cm³/mol. The molecule has 0 radical (unpaired) electrons. The van der Waals surface area contributed by atoms with E-state index in [1.54, 1.807) is 19.4 Å². The summed E-state index contributed by atoms with van der Waals surface area (Å²) < 4.78 is 21.1. The number of urea groups is 1. The zero-order valence-electron chi connectivity index (χ0n) is 23.4. The minimum atomic E-state index is -0.265. The third kappa shape index (κ3) is 4.85. The standard InChI is InChI=1S/C31H31FN8O2/c1-38-9-8-20-16-39(17-28(20)38)31(41)37-26-12-24-25(13-29(26)42-2)33-18-34-30(24)36-23-6-7-27-21(11-23)14-35-40(27)15-19-4-3-5-22(32)10-19/h3-7,10-14,18,20,28H,8-9,15-17H2,1-2H3,(H,37,41)(H,33,34,36)/t20?,28-/m0/s1. The molecule has 11 heteroatoms. The Morgan fingerprint density at radius 1 is 1.12 bits per heavy atom. The third-order valence-electron chi connectivity index (χ3n) is 8.44. The molecule has 42 heavy (non-hydrogen) atoms. The molecule has 0 spiro atoms. The summed E-state index contributed by atoms with van der Waals surface area (Å²) in [5.41, 5.74) is 3.84. The van der Waals surface area contributed by atoms with Gasteiger partial charge in [0.1, 0.15) is 23.7 Å². The topological polar surface area (TPSA) is 100 Å². The number of likely N-dealkylation sites (tertiary alicyclic amines) is 2. The molecule has 0 saturated carbocycles. The number of carbonyl (C=O) groups excluding carboxylic acids is 1. The molecule has 4 heterocycles. The summed E-state index contributed by atoms with van der Waals surface area (Å²) in [6, 6.07) is 16.4. The number of benzene rings is 3. The molecular formula is C31H31FN8O2. The van der Waals surface area contributed by atoms with Crippen LogP contribution in [0, 0.1) is 11.7 Å². The van der Waals surface area contributed by atoms with Crippen LogP contribution in [-0.4, -0.2) is 75.4 Å². The van der Waals surface area contributed by atoms with Gasteiger partial charge in [-0.25, -0.2) is 19.2 Å². The van der Waals surface area contributed by atoms with E-state index in [9.17, 15) is 9.18 Å². The Morgan fingerprint density at radius 2 is 2.02 bits per heavy atom. The number of carbonyl (C=O) groups is 1. The van der Waals surface area contributed by atoms with E-state index in [-0.39, 0.29) is 11.8 Å². The molecule has 0 bridgehead atoms. The van der Waals surface area contributed by atoms with Gasteiger partial charge in [0.05, 0.1) is 36.6 Å². The van der Waals surface area contributed by atoms with Gasteiger partial charge in [-0.2, -0.15) is 5.10 Å². The lowest BCUT2D eigenvalue weighted by Gasteiger charge is -2.22. The fourth-order valence-corrected chi connectivity index (χ4v) is 6.22. The number of fused-ring (bicyclic) bond motifs is 3. The predicted octanol–water partition coefficient (Wildman–Crippen LogP) is 5.09. The highest BCUT2D eigenvalue weighted by Gasteiger charge is 2.41. The van der Waals surface area contributed by atoms with E-state index >= 15 is 0 Å². The monoisotopic (exact) mass is 566 g/mol. The number of hydrogen-bond acceptors (Lipinski definition) is 7. The number of ether oxygens (including phenoxy) is 1. The second-order valence-corrected chi connectivity index (χ2v) is 11.1. The van der Waals surface area contributed by atoms with E-state index in [1.807, 2.05) is 46.0 Å². The van der Waals surface area contributed by atoms with Crippen molar-refractivity contribution < 1.29 is 13.9 Å². The second kappa shape index (κ2) is 10.6. The number of halogens is 1. The first-order chi connectivity index (χ1) is 20.4. The second-order valence-electron chi connectivity index (χ2n) is 11.1. The summed E-state index contributed by atoms with van der Waals surface area (Å²) in [5, 5.41) is 12.7. The molecule has 5 aromatic rings. The molecule has 0 aliphatic carbocycles. The summed E-state index contributed by atoms with van der Waals surface area (Å²) >= 11 is 0. The van der Waals surface area contributed by atoms with Crippen LogP contribution in [0.15, 0.2) is 67.1 Å². The van der Waals surface area contributed by atoms with Crippen molar-refractivity contribution in [2.24, 2.45) is 5.92 Å². The molecule has 2 fully saturated rings. The number of rotatable bonds is 6. The fourth-order valence-electron chi connectivity index (χ4n) is 6.22. The Labute approximate surface area is 242 Å². The van der Waals surface area contributed by atoms with E-state index < -0.39 is 0 Å². The van der Waals surface area contributed by atoms with Gasteiger partial charge < -0.3 is 25.2 Å². The number of hydrogen-bond donors (Lipinski definition) is 2. The van der Waals surface area contributed by atoms with Crippen molar-refractivity contribution in [3.63, 3.8) is 0 Å². The first-order valence-electron chi connectivity index (χ1n) is 14.0. The van der Waals surface area contributed by atoms with Gasteiger partial charge in [0, 0.05) is 41.7 Å². The maximum Gasteiger partial charge on any atom is 0.322 e. The van der Waals surface area contributed by atoms with Gasteiger partial charge in [0.2, 0.25) is 0 Å². The number of amides is 2. The normalized spacial score (nSPS) is 18.5.